The first-order valence-electron chi connectivity index (χ1n) is 5.53. The Morgan fingerprint density at radius 1 is 1.50 bits per heavy atom. The third kappa shape index (κ3) is 2.82. The standard InChI is InChI=1S/C11H16N4S/c1-2-3-6-15-11(4-5-14-15)12-7-10-8-16-9-13-10/h4-5,8-9,12H,2-3,6-7H2,1H3. The molecule has 0 saturated carbocycles. The molecule has 0 bridgehead atoms. The zero-order chi connectivity index (χ0) is 11.2. The molecule has 0 fully saturated rings. The van der Waals surface area contributed by atoms with Crippen LogP contribution in [0.1, 0.15) is 25.5 Å². The molecule has 2 rings (SSSR count). The number of nitrogens with one attached hydrogen (secondary N) is 1. The Bertz CT molecular complexity index is 407. The predicted molar refractivity (Wildman–Crippen MR) is 66.6 cm³/mol. The number of rotatable bonds is 6. The fourth-order valence-corrected chi connectivity index (χ4v) is 2.03. The molecule has 0 saturated heterocycles. The van der Waals surface area contributed by atoms with Gasteiger partial charge in [-0.2, -0.15) is 5.10 Å². The van der Waals surface area contributed by atoms with Crippen molar-refractivity contribution in [3.05, 3.63) is 28.8 Å². The number of hydrogen-bond acceptors (Lipinski definition) is 4. The van der Waals surface area contributed by atoms with Gasteiger partial charge < -0.3 is 5.32 Å². The van der Waals surface area contributed by atoms with E-state index in [1.54, 1.807) is 11.3 Å². The molecular weight excluding hydrogens is 220 g/mol. The second-order valence-corrected chi connectivity index (χ2v) is 4.35. The van der Waals surface area contributed by atoms with Gasteiger partial charge in [0.1, 0.15) is 5.82 Å². The van der Waals surface area contributed by atoms with Crippen LogP contribution in [0.15, 0.2) is 23.2 Å². The highest BCUT2D eigenvalue weighted by Crippen LogP contribution is 2.10. The molecule has 0 amide bonds. The second-order valence-electron chi connectivity index (χ2n) is 3.63. The van der Waals surface area contributed by atoms with Crippen LogP contribution < -0.4 is 5.32 Å². The van der Waals surface area contributed by atoms with E-state index in [4.69, 9.17) is 0 Å². The lowest BCUT2D eigenvalue weighted by atomic mass is 10.3. The predicted octanol–water partition coefficient (Wildman–Crippen LogP) is 2.75. The summed E-state index contributed by atoms with van der Waals surface area (Å²) in [5, 5.41) is 9.69. The normalized spacial score (nSPS) is 10.6. The van der Waals surface area contributed by atoms with Crippen molar-refractivity contribution in [2.45, 2.75) is 32.9 Å². The second kappa shape index (κ2) is 5.65. The van der Waals surface area contributed by atoms with Crippen molar-refractivity contribution in [3.63, 3.8) is 0 Å². The van der Waals surface area contributed by atoms with Crippen molar-refractivity contribution < 1.29 is 0 Å². The SMILES string of the molecule is CCCCn1nccc1NCc1cscn1. The summed E-state index contributed by atoms with van der Waals surface area (Å²) in [6.07, 6.45) is 4.18. The van der Waals surface area contributed by atoms with E-state index in [0.717, 1.165) is 31.0 Å². The van der Waals surface area contributed by atoms with Crippen LogP contribution in [0.4, 0.5) is 5.82 Å². The minimum atomic E-state index is 0.765. The van der Waals surface area contributed by atoms with Crippen LogP contribution in [-0.4, -0.2) is 14.8 Å². The topological polar surface area (TPSA) is 42.7 Å². The van der Waals surface area contributed by atoms with E-state index in [9.17, 15) is 0 Å². The summed E-state index contributed by atoms with van der Waals surface area (Å²) < 4.78 is 2.01. The van der Waals surface area contributed by atoms with Gasteiger partial charge in [-0.3, -0.25) is 0 Å². The summed E-state index contributed by atoms with van der Waals surface area (Å²) in [7, 11) is 0. The molecular formula is C11H16N4S. The quantitative estimate of drug-likeness (QED) is 0.838. The zero-order valence-corrected chi connectivity index (χ0v) is 10.2. The summed E-state index contributed by atoms with van der Waals surface area (Å²) in [5.74, 6) is 1.07. The van der Waals surface area contributed by atoms with Gasteiger partial charge in [0.15, 0.2) is 0 Å². The van der Waals surface area contributed by atoms with Crippen molar-refractivity contribution in [2.24, 2.45) is 0 Å². The molecule has 0 aliphatic rings. The molecule has 16 heavy (non-hydrogen) atoms. The highest BCUT2D eigenvalue weighted by molar-refractivity contribution is 7.07. The first-order chi connectivity index (χ1) is 7.90. The Labute approximate surface area is 99.3 Å². The van der Waals surface area contributed by atoms with E-state index in [-0.39, 0.29) is 0 Å². The van der Waals surface area contributed by atoms with Gasteiger partial charge in [0.2, 0.25) is 0 Å². The average Bonchev–Trinajstić information content (AvgIpc) is 2.94. The smallest absolute Gasteiger partial charge is 0.124 e. The minimum Gasteiger partial charge on any atom is -0.365 e. The van der Waals surface area contributed by atoms with E-state index in [1.807, 2.05) is 22.5 Å². The van der Waals surface area contributed by atoms with Crippen molar-refractivity contribution in [3.8, 4) is 0 Å². The molecule has 1 N–H and O–H groups in total. The van der Waals surface area contributed by atoms with Crippen molar-refractivity contribution in [1.82, 2.24) is 14.8 Å². The molecule has 2 heterocycles. The molecule has 2 aromatic heterocycles. The summed E-state index contributed by atoms with van der Waals surface area (Å²) in [4.78, 5) is 4.23. The Morgan fingerprint density at radius 3 is 3.19 bits per heavy atom. The van der Waals surface area contributed by atoms with Crippen LogP contribution in [0.5, 0.6) is 0 Å². The molecule has 0 aromatic carbocycles. The Hall–Kier alpha value is -1.36. The first-order valence-corrected chi connectivity index (χ1v) is 6.47. The number of aryl methyl sites for hydroxylation is 1. The Morgan fingerprint density at radius 2 is 2.44 bits per heavy atom. The van der Waals surface area contributed by atoms with E-state index in [0.29, 0.717) is 0 Å². The third-order valence-corrected chi connectivity index (χ3v) is 3.01. The number of aromatic nitrogens is 3. The highest BCUT2D eigenvalue weighted by Gasteiger charge is 2.01. The van der Waals surface area contributed by atoms with Gasteiger partial charge in [0.25, 0.3) is 0 Å². The van der Waals surface area contributed by atoms with Crippen LogP contribution in [-0.2, 0) is 13.1 Å². The van der Waals surface area contributed by atoms with Crippen molar-refractivity contribution in [1.29, 1.82) is 0 Å². The summed E-state index contributed by atoms with van der Waals surface area (Å²) >= 11 is 1.62. The summed E-state index contributed by atoms with van der Waals surface area (Å²) in [6.45, 7) is 3.93. The van der Waals surface area contributed by atoms with E-state index in [1.165, 1.54) is 6.42 Å². The lowest BCUT2D eigenvalue weighted by Crippen LogP contribution is -2.08. The molecule has 2 aromatic rings. The molecule has 0 aliphatic carbocycles. The number of anilines is 1. The lowest BCUT2D eigenvalue weighted by molar-refractivity contribution is 0.576. The summed E-state index contributed by atoms with van der Waals surface area (Å²) in [6, 6.07) is 2.00. The van der Waals surface area contributed by atoms with Crippen molar-refractivity contribution >= 4 is 17.2 Å². The van der Waals surface area contributed by atoms with Gasteiger partial charge in [0.05, 0.1) is 23.9 Å². The fraction of sp³-hybridized carbons (Fsp3) is 0.455. The van der Waals surface area contributed by atoms with E-state index in [2.05, 4.69) is 27.7 Å². The zero-order valence-electron chi connectivity index (χ0n) is 9.39. The van der Waals surface area contributed by atoms with Crippen molar-refractivity contribution in [2.75, 3.05) is 5.32 Å². The number of nitrogens with zero attached hydrogens (tertiary/aromatic N) is 3. The molecule has 0 atom stereocenters. The lowest BCUT2D eigenvalue weighted by Gasteiger charge is -2.08. The fourth-order valence-electron chi connectivity index (χ4n) is 1.47. The highest BCUT2D eigenvalue weighted by atomic mass is 32.1. The Balaban J connectivity index is 1.91. The van der Waals surface area contributed by atoms with Gasteiger partial charge in [-0.1, -0.05) is 13.3 Å². The van der Waals surface area contributed by atoms with Gasteiger partial charge in [-0.15, -0.1) is 11.3 Å². The van der Waals surface area contributed by atoms with Gasteiger partial charge >= 0.3 is 0 Å². The average molecular weight is 236 g/mol. The minimum absolute atomic E-state index is 0.765. The van der Waals surface area contributed by atoms with Crippen LogP contribution in [0.2, 0.25) is 0 Å². The third-order valence-electron chi connectivity index (χ3n) is 2.37. The van der Waals surface area contributed by atoms with Gasteiger partial charge in [-0.05, 0) is 6.42 Å². The number of hydrogen-bond donors (Lipinski definition) is 1. The molecule has 0 radical (unpaired) electrons. The van der Waals surface area contributed by atoms with Gasteiger partial charge in [0, 0.05) is 18.0 Å². The van der Waals surface area contributed by atoms with Crippen LogP contribution in [0.25, 0.3) is 0 Å². The maximum atomic E-state index is 4.29. The van der Waals surface area contributed by atoms with E-state index >= 15 is 0 Å². The molecule has 0 spiro atoms. The summed E-state index contributed by atoms with van der Waals surface area (Å²) in [5.41, 5.74) is 2.93. The van der Waals surface area contributed by atoms with Crippen LogP contribution in [0, 0.1) is 0 Å². The number of unbranched alkanes of at least 4 members (excludes halogenated alkanes) is 1. The number of thiazole rings is 1. The van der Waals surface area contributed by atoms with Crippen LogP contribution >= 0.6 is 11.3 Å². The Kier molecular flexibility index (Phi) is 3.93. The molecule has 5 heteroatoms. The first kappa shape index (κ1) is 11.1. The maximum absolute atomic E-state index is 4.29. The van der Waals surface area contributed by atoms with Gasteiger partial charge in [-0.25, -0.2) is 9.67 Å². The van der Waals surface area contributed by atoms with E-state index < -0.39 is 0 Å². The molecule has 86 valence electrons. The molecule has 4 nitrogen and oxygen atoms in total. The molecule has 0 aliphatic heterocycles. The maximum Gasteiger partial charge on any atom is 0.124 e. The molecule has 0 unspecified atom stereocenters. The monoisotopic (exact) mass is 236 g/mol. The van der Waals surface area contributed by atoms with Crippen LogP contribution in [0.3, 0.4) is 0 Å². The largest absolute Gasteiger partial charge is 0.365 e.